The number of carboxylic acid groups (broad SMARTS) is 1. The van der Waals surface area contributed by atoms with E-state index in [9.17, 15) is 9.59 Å². The summed E-state index contributed by atoms with van der Waals surface area (Å²) in [4.78, 5) is 30.7. The van der Waals surface area contributed by atoms with Crippen LogP contribution >= 0.6 is 0 Å². The number of rotatable bonds is 2. The van der Waals surface area contributed by atoms with Crippen LogP contribution in [0.4, 0.5) is 0 Å². The minimum absolute atomic E-state index is 0.133. The van der Waals surface area contributed by atoms with Gasteiger partial charge < -0.3 is 9.67 Å². The number of aromatic carboxylic acids is 1. The molecule has 0 saturated heterocycles. The zero-order valence-corrected chi connectivity index (χ0v) is 8.99. The minimum Gasteiger partial charge on any atom is -0.477 e. The van der Waals surface area contributed by atoms with E-state index < -0.39 is 11.5 Å². The van der Waals surface area contributed by atoms with Gasteiger partial charge >= 0.3 is 5.97 Å². The SMILES string of the molecule is Cn1cnc(-c2cccnc2)c(C(=O)O)c1=O. The summed E-state index contributed by atoms with van der Waals surface area (Å²) in [5, 5.41) is 9.06. The molecule has 0 radical (unpaired) electrons. The number of pyridine rings is 1. The fraction of sp³-hybridized carbons (Fsp3) is 0.0909. The molecule has 6 heteroatoms. The normalized spacial score (nSPS) is 10.2. The van der Waals surface area contributed by atoms with E-state index >= 15 is 0 Å². The smallest absolute Gasteiger partial charge is 0.343 e. The van der Waals surface area contributed by atoms with E-state index in [4.69, 9.17) is 5.11 Å². The van der Waals surface area contributed by atoms with Crippen molar-refractivity contribution in [1.29, 1.82) is 0 Å². The Morgan fingerprint density at radius 2 is 2.24 bits per heavy atom. The molecule has 0 saturated carbocycles. The average molecular weight is 231 g/mol. The first-order valence-electron chi connectivity index (χ1n) is 4.80. The van der Waals surface area contributed by atoms with Crippen LogP contribution in [0.25, 0.3) is 11.3 Å². The lowest BCUT2D eigenvalue weighted by Gasteiger charge is -2.05. The van der Waals surface area contributed by atoms with E-state index in [1.54, 1.807) is 18.3 Å². The fourth-order valence-corrected chi connectivity index (χ4v) is 1.45. The molecular formula is C11H9N3O3. The number of hydrogen-bond donors (Lipinski definition) is 1. The van der Waals surface area contributed by atoms with Crippen molar-refractivity contribution in [2.75, 3.05) is 0 Å². The second-order valence-electron chi connectivity index (χ2n) is 3.43. The summed E-state index contributed by atoms with van der Waals surface area (Å²) in [6, 6.07) is 3.31. The Balaban J connectivity index is 2.76. The Morgan fingerprint density at radius 3 is 2.82 bits per heavy atom. The summed E-state index contributed by atoms with van der Waals surface area (Å²) in [6.07, 6.45) is 4.32. The summed E-state index contributed by atoms with van der Waals surface area (Å²) in [7, 11) is 1.45. The highest BCUT2D eigenvalue weighted by molar-refractivity contribution is 5.94. The van der Waals surface area contributed by atoms with Crippen LogP contribution < -0.4 is 5.56 Å². The molecule has 0 amide bonds. The molecule has 0 bridgehead atoms. The molecule has 0 aliphatic carbocycles. The molecule has 0 fully saturated rings. The summed E-state index contributed by atoms with van der Waals surface area (Å²) in [5.41, 5.74) is -0.300. The number of hydrogen-bond acceptors (Lipinski definition) is 4. The number of aryl methyl sites for hydroxylation is 1. The van der Waals surface area contributed by atoms with E-state index in [1.807, 2.05) is 0 Å². The van der Waals surface area contributed by atoms with Crippen molar-refractivity contribution in [3.05, 3.63) is 46.8 Å². The first-order valence-corrected chi connectivity index (χ1v) is 4.80. The molecule has 0 aliphatic heterocycles. The van der Waals surface area contributed by atoms with Crippen LogP contribution in [0.2, 0.25) is 0 Å². The molecule has 6 nitrogen and oxygen atoms in total. The molecule has 86 valence electrons. The molecule has 2 heterocycles. The van der Waals surface area contributed by atoms with Gasteiger partial charge in [-0.1, -0.05) is 0 Å². The second-order valence-corrected chi connectivity index (χ2v) is 3.43. The lowest BCUT2D eigenvalue weighted by molar-refractivity contribution is 0.0694. The van der Waals surface area contributed by atoms with Gasteiger partial charge in [0.15, 0.2) is 5.56 Å². The predicted molar refractivity (Wildman–Crippen MR) is 59.7 cm³/mol. The standard InChI is InChI=1S/C11H9N3O3/c1-14-6-13-9(7-3-2-4-12-5-7)8(10(14)15)11(16)17/h2-6H,1H3,(H,16,17). The maximum absolute atomic E-state index is 11.7. The van der Waals surface area contributed by atoms with Gasteiger partial charge in [-0.15, -0.1) is 0 Å². The van der Waals surface area contributed by atoms with Crippen molar-refractivity contribution >= 4 is 5.97 Å². The first-order chi connectivity index (χ1) is 8.11. The van der Waals surface area contributed by atoms with E-state index in [2.05, 4.69) is 9.97 Å². The maximum Gasteiger partial charge on any atom is 0.343 e. The largest absolute Gasteiger partial charge is 0.477 e. The van der Waals surface area contributed by atoms with Gasteiger partial charge in [-0.05, 0) is 12.1 Å². The van der Waals surface area contributed by atoms with Crippen LogP contribution in [0.15, 0.2) is 35.6 Å². The van der Waals surface area contributed by atoms with Gasteiger partial charge in [0.2, 0.25) is 0 Å². The number of nitrogens with zero attached hydrogens (tertiary/aromatic N) is 3. The molecule has 0 aromatic carbocycles. The zero-order valence-electron chi connectivity index (χ0n) is 8.99. The van der Waals surface area contributed by atoms with Crippen LogP contribution in [0.1, 0.15) is 10.4 Å². The lowest BCUT2D eigenvalue weighted by atomic mass is 10.1. The first kappa shape index (κ1) is 11.0. The van der Waals surface area contributed by atoms with Crippen molar-refractivity contribution < 1.29 is 9.90 Å². The average Bonchev–Trinajstić information content (AvgIpc) is 2.33. The van der Waals surface area contributed by atoms with Crippen LogP contribution in [0, 0.1) is 0 Å². The van der Waals surface area contributed by atoms with Crippen LogP contribution in [-0.2, 0) is 7.05 Å². The highest BCUT2D eigenvalue weighted by Gasteiger charge is 2.18. The van der Waals surface area contributed by atoms with E-state index in [1.165, 1.54) is 19.6 Å². The Bertz CT molecular complexity index is 620. The van der Waals surface area contributed by atoms with Gasteiger partial charge in [0.1, 0.15) is 0 Å². The van der Waals surface area contributed by atoms with E-state index in [-0.39, 0.29) is 11.3 Å². The summed E-state index contributed by atoms with van der Waals surface area (Å²) in [5.74, 6) is -1.29. The number of carbonyl (C=O) groups is 1. The fourth-order valence-electron chi connectivity index (χ4n) is 1.45. The van der Waals surface area contributed by atoms with Crippen molar-refractivity contribution in [3.8, 4) is 11.3 Å². The van der Waals surface area contributed by atoms with Crippen molar-refractivity contribution in [2.24, 2.45) is 7.05 Å². The number of aromatic nitrogens is 3. The molecule has 2 aromatic rings. The molecule has 0 aliphatic rings. The third-order valence-corrected chi connectivity index (χ3v) is 2.28. The Kier molecular flexibility index (Phi) is 2.70. The highest BCUT2D eigenvalue weighted by Crippen LogP contribution is 2.17. The van der Waals surface area contributed by atoms with Crippen LogP contribution in [-0.4, -0.2) is 25.6 Å². The zero-order chi connectivity index (χ0) is 12.4. The Hall–Kier alpha value is -2.50. The van der Waals surface area contributed by atoms with Crippen molar-refractivity contribution in [3.63, 3.8) is 0 Å². The monoisotopic (exact) mass is 231 g/mol. The second kappa shape index (κ2) is 4.17. The third-order valence-electron chi connectivity index (χ3n) is 2.28. The maximum atomic E-state index is 11.7. The molecular weight excluding hydrogens is 222 g/mol. The predicted octanol–water partition coefficient (Wildman–Crippen LogP) is 0.540. The van der Waals surface area contributed by atoms with Gasteiger partial charge in [-0.2, -0.15) is 0 Å². The topological polar surface area (TPSA) is 85.1 Å². The van der Waals surface area contributed by atoms with Crippen LogP contribution in [0.5, 0.6) is 0 Å². The Morgan fingerprint density at radius 1 is 1.47 bits per heavy atom. The summed E-state index contributed by atoms with van der Waals surface area (Å²) >= 11 is 0. The van der Waals surface area contributed by atoms with Gasteiger partial charge in [0.05, 0.1) is 12.0 Å². The quantitative estimate of drug-likeness (QED) is 0.815. The lowest BCUT2D eigenvalue weighted by Crippen LogP contribution is -2.26. The van der Waals surface area contributed by atoms with Gasteiger partial charge in [0, 0.05) is 25.0 Å². The van der Waals surface area contributed by atoms with Gasteiger partial charge in [-0.25, -0.2) is 9.78 Å². The highest BCUT2D eigenvalue weighted by atomic mass is 16.4. The third kappa shape index (κ3) is 1.92. The summed E-state index contributed by atoms with van der Waals surface area (Å²) in [6.45, 7) is 0. The molecule has 2 rings (SSSR count). The summed E-state index contributed by atoms with van der Waals surface area (Å²) < 4.78 is 1.13. The molecule has 0 spiro atoms. The molecule has 2 aromatic heterocycles. The van der Waals surface area contributed by atoms with E-state index in [0.717, 1.165) is 4.57 Å². The molecule has 17 heavy (non-hydrogen) atoms. The molecule has 1 N–H and O–H groups in total. The minimum atomic E-state index is -1.29. The van der Waals surface area contributed by atoms with Crippen molar-refractivity contribution in [1.82, 2.24) is 14.5 Å². The number of carboxylic acids is 1. The van der Waals surface area contributed by atoms with Gasteiger partial charge in [0.25, 0.3) is 5.56 Å². The Labute approximate surface area is 96.2 Å². The molecule has 0 unspecified atom stereocenters. The van der Waals surface area contributed by atoms with Crippen molar-refractivity contribution in [2.45, 2.75) is 0 Å². The van der Waals surface area contributed by atoms with Gasteiger partial charge in [-0.3, -0.25) is 9.78 Å². The molecule has 0 atom stereocenters. The van der Waals surface area contributed by atoms with Crippen LogP contribution in [0.3, 0.4) is 0 Å². The van der Waals surface area contributed by atoms with E-state index in [0.29, 0.717) is 5.56 Å².